The average Bonchev–Trinajstić information content (AvgIpc) is 2.91. The smallest absolute Gasteiger partial charge is 0.286 e. The number of hydrogen-bond acceptors (Lipinski definition) is 5. The highest BCUT2D eigenvalue weighted by Gasteiger charge is 2.31. The number of amides is 2. The number of pyridine rings is 1. The third-order valence-electron chi connectivity index (χ3n) is 3.95. The molecule has 0 aliphatic carbocycles. The van der Waals surface area contributed by atoms with Crippen LogP contribution in [0, 0.1) is 0 Å². The van der Waals surface area contributed by atoms with Crippen molar-refractivity contribution in [2.24, 2.45) is 0 Å². The molecular weight excluding hydrogens is 324 g/mol. The third kappa shape index (κ3) is 4.21. The number of nitrogens with one attached hydrogen (secondary N) is 1. The van der Waals surface area contributed by atoms with Crippen molar-refractivity contribution in [3.05, 3.63) is 65.5 Å². The van der Waals surface area contributed by atoms with E-state index in [0.717, 1.165) is 28.6 Å². The molecule has 0 spiro atoms. The summed E-state index contributed by atoms with van der Waals surface area (Å²) in [7, 11) is 0. The molecule has 2 atom stereocenters. The minimum absolute atomic E-state index is 0.232. The van der Waals surface area contributed by atoms with Crippen LogP contribution < -0.4 is 5.32 Å². The Balaban J connectivity index is 1.55. The Morgan fingerprint density at radius 2 is 1.96 bits per heavy atom. The van der Waals surface area contributed by atoms with E-state index in [9.17, 15) is 14.7 Å². The molecule has 2 amide bonds. The van der Waals surface area contributed by atoms with Crippen LogP contribution in [0.5, 0.6) is 0 Å². The zero-order chi connectivity index (χ0) is 16.9. The van der Waals surface area contributed by atoms with E-state index in [1.165, 1.54) is 0 Å². The van der Waals surface area contributed by atoms with Gasteiger partial charge in [-0.1, -0.05) is 42.1 Å². The normalized spacial score (nSPS) is 18.5. The molecule has 0 bridgehead atoms. The van der Waals surface area contributed by atoms with E-state index in [2.05, 4.69) is 10.3 Å². The summed E-state index contributed by atoms with van der Waals surface area (Å²) in [5, 5.41) is 11.9. The van der Waals surface area contributed by atoms with Gasteiger partial charge in [-0.05, 0) is 42.5 Å². The van der Waals surface area contributed by atoms with Crippen LogP contribution in [0.3, 0.4) is 0 Å². The number of thioether (sulfide) groups is 1. The molecule has 2 heterocycles. The number of imide groups is 1. The SMILES string of the molecule is O=C1NC(=O)C(Cc2ccc(C(O)CCc3ccccn3)cc2)S1. The maximum absolute atomic E-state index is 11.6. The van der Waals surface area contributed by atoms with Gasteiger partial charge in [-0.25, -0.2) is 0 Å². The molecule has 1 aliphatic rings. The van der Waals surface area contributed by atoms with Crippen molar-refractivity contribution in [2.75, 3.05) is 0 Å². The second-order valence-electron chi connectivity index (χ2n) is 5.70. The number of benzene rings is 1. The summed E-state index contributed by atoms with van der Waals surface area (Å²) in [6.45, 7) is 0. The van der Waals surface area contributed by atoms with Gasteiger partial charge in [0.15, 0.2) is 0 Å². The Morgan fingerprint density at radius 1 is 1.17 bits per heavy atom. The molecule has 1 fully saturated rings. The zero-order valence-corrected chi connectivity index (χ0v) is 13.8. The minimum atomic E-state index is -0.549. The monoisotopic (exact) mass is 342 g/mol. The second kappa shape index (κ2) is 7.59. The molecule has 1 saturated heterocycles. The summed E-state index contributed by atoms with van der Waals surface area (Å²) in [4.78, 5) is 27.0. The topological polar surface area (TPSA) is 79.3 Å². The fourth-order valence-electron chi connectivity index (χ4n) is 2.61. The Kier molecular flexibility index (Phi) is 5.27. The van der Waals surface area contributed by atoms with Crippen LogP contribution in [0.25, 0.3) is 0 Å². The summed E-state index contributed by atoms with van der Waals surface area (Å²) >= 11 is 1.03. The summed E-state index contributed by atoms with van der Waals surface area (Å²) in [5.41, 5.74) is 2.77. The predicted molar refractivity (Wildman–Crippen MR) is 92.6 cm³/mol. The van der Waals surface area contributed by atoms with E-state index in [1.54, 1.807) is 6.20 Å². The first kappa shape index (κ1) is 16.7. The van der Waals surface area contributed by atoms with Crippen molar-refractivity contribution >= 4 is 22.9 Å². The van der Waals surface area contributed by atoms with Crippen molar-refractivity contribution in [3.63, 3.8) is 0 Å². The highest BCUT2D eigenvalue weighted by Crippen LogP contribution is 2.24. The lowest BCUT2D eigenvalue weighted by molar-refractivity contribution is -0.118. The molecule has 0 radical (unpaired) electrons. The van der Waals surface area contributed by atoms with Crippen LogP contribution in [0.4, 0.5) is 4.79 Å². The molecule has 2 unspecified atom stereocenters. The molecule has 1 aromatic heterocycles. The number of hydrogen-bond donors (Lipinski definition) is 2. The molecular formula is C18H18N2O3S. The van der Waals surface area contributed by atoms with Gasteiger partial charge >= 0.3 is 0 Å². The highest BCUT2D eigenvalue weighted by molar-refractivity contribution is 8.15. The van der Waals surface area contributed by atoms with Crippen molar-refractivity contribution < 1.29 is 14.7 Å². The highest BCUT2D eigenvalue weighted by atomic mass is 32.2. The number of carbonyl (C=O) groups excluding carboxylic acids is 2. The molecule has 124 valence electrons. The van der Waals surface area contributed by atoms with E-state index in [0.29, 0.717) is 19.3 Å². The van der Waals surface area contributed by atoms with E-state index in [-0.39, 0.29) is 16.4 Å². The Bertz CT molecular complexity index is 719. The number of aryl methyl sites for hydroxylation is 1. The van der Waals surface area contributed by atoms with Gasteiger partial charge in [-0.2, -0.15) is 0 Å². The largest absolute Gasteiger partial charge is 0.388 e. The summed E-state index contributed by atoms with van der Waals surface area (Å²) in [6, 6.07) is 13.3. The molecule has 1 aromatic carbocycles. The average molecular weight is 342 g/mol. The number of nitrogens with zero attached hydrogens (tertiary/aromatic N) is 1. The Labute approximate surface area is 144 Å². The number of aromatic nitrogens is 1. The maximum Gasteiger partial charge on any atom is 0.286 e. The van der Waals surface area contributed by atoms with Crippen LogP contribution >= 0.6 is 11.8 Å². The Hall–Kier alpha value is -2.18. The second-order valence-corrected chi connectivity index (χ2v) is 6.88. The van der Waals surface area contributed by atoms with Gasteiger partial charge in [0.1, 0.15) is 0 Å². The Morgan fingerprint density at radius 3 is 2.58 bits per heavy atom. The van der Waals surface area contributed by atoms with Crippen LogP contribution in [-0.4, -0.2) is 26.5 Å². The van der Waals surface area contributed by atoms with Gasteiger partial charge in [-0.3, -0.25) is 19.9 Å². The van der Waals surface area contributed by atoms with Crippen molar-refractivity contribution in [1.29, 1.82) is 0 Å². The molecule has 2 aromatic rings. The number of aliphatic hydroxyl groups excluding tert-OH is 1. The number of rotatable bonds is 6. The quantitative estimate of drug-likeness (QED) is 0.844. The first-order chi connectivity index (χ1) is 11.6. The van der Waals surface area contributed by atoms with Crippen LogP contribution in [-0.2, 0) is 17.6 Å². The van der Waals surface area contributed by atoms with Gasteiger partial charge < -0.3 is 5.11 Å². The van der Waals surface area contributed by atoms with Crippen LogP contribution in [0.15, 0.2) is 48.7 Å². The number of aliphatic hydroxyl groups is 1. The minimum Gasteiger partial charge on any atom is -0.388 e. The van der Waals surface area contributed by atoms with Crippen LogP contribution in [0.1, 0.15) is 29.3 Å². The van der Waals surface area contributed by atoms with E-state index in [1.807, 2.05) is 42.5 Å². The predicted octanol–water partition coefficient (Wildman–Crippen LogP) is 2.64. The number of carbonyl (C=O) groups is 2. The van der Waals surface area contributed by atoms with Crippen LogP contribution in [0.2, 0.25) is 0 Å². The maximum atomic E-state index is 11.6. The van der Waals surface area contributed by atoms with E-state index < -0.39 is 6.10 Å². The van der Waals surface area contributed by atoms with Gasteiger partial charge in [0.2, 0.25) is 5.91 Å². The molecule has 1 aliphatic heterocycles. The zero-order valence-electron chi connectivity index (χ0n) is 13.0. The summed E-state index contributed by atoms with van der Waals surface area (Å²) in [6.07, 6.45) is 3.02. The van der Waals surface area contributed by atoms with Crippen molar-refractivity contribution in [2.45, 2.75) is 30.6 Å². The fraction of sp³-hybridized carbons (Fsp3) is 0.278. The molecule has 2 N–H and O–H groups in total. The first-order valence-electron chi connectivity index (χ1n) is 7.80. The van der Waals surface area contributed by atoms with E-state index >= 15 is 0 Å². The van der Waals surface area contributed by atoms with Gasteiger partial charge in [0.25, 0.3) is 5.24 Å². The van der Waals surface area contributed by atoms with Crippen molar-refractivity contribution in [1.82, 2.24) is 10.3 Å². The summed E-state index contributed by atoms with van der Waals surface area (Å²) in [5.74, 6) is -0.232. The van der Waals surface area contributed by atoms with Gasteiger partial charge in [0.05, 0.1) is 11.4 Å². The van der Waals surface area contributed by atoms with Gasteiger partial charge in [-0.15, -0.1) is 0 Å². The molecule has 0 saturated carbocycles. The van der Waals surface area contributed by atoms with Crippen molar-refractivity contribution in [3.8, 4) is 0 Å². The fourth-order valence-corrected chi connectivity index (χ4v) is 3.47. The summed E-state index contributed by atoms with van der Waals surface area (Å²) < 4.78 is 0. The van der Waals surface area contributed by atoms with E-state index in [4.69, 9.17) is 0 Å². The molecule has 24 heavy (non-hydrogen) atoms. The lowest BCUT2D eigenvalue weighted by Crippen LogP contribution is -2.25. The first-order valence-corrected chi connectivity index (χ1v) is 8.68. The standard InChI is InChI=1S/C18H18N2O3S/c21-15(9-8-14-3-1-2-10-19-14)13-6-4-12(5-7-13)11-16-17(22)20-18(23)24-16/h1-7,10,15-16,21H,8-9,11H2,(H,20,22,23). The molecule has 6 heteroatoms. The van der Waals surface area contributed by atoms with Gasteiger partial charge in [0, 0.05) is 11.9 Å². The lowest BCUT2D eigenvalue weighted by Gasteiger charge is -2.12. The molecule has 5 nitrogen and oxygen atoms in total. The third-order valence-corrected chi connectivity index (χ3v) is 4.93. The lowest BCUT2D eigenvalue weighted by atomic mass is 10.0. The molecule has 3 rings (SSSR count).